The Balaban J connectivity index is 1.53. The Labute approximate surface area is 190 Å². The summed E-state index contributed by atoms with van der Waals surface area (Å²) in [6, 6.07) is 12.4. The summed E-state index contributed by atoms with van der Waals surface area (Å²) in [5, 5.41) is 14.9. The molecule has 9 heteroatoms. The number of hydrogen-bond donors (Lipinski definition) is 1. The van der Waals surface area contributed by atoms with Crippen LogP contribution in [0.5, 0.6) is 0 Å². The maximum Gasteiger partial charge on any atom is 0.181 e. The molecule has 0 bridgehead atoms. The third-order valence-corrected chi connectivity index (χ3v) is 6.12. The summed E-state index contributed by atoms with van der Waals surface area (Å²) >= 11 is 6.41. The fraction of sp³-hybridized carbons (Fsp3) is 0.261. The summed E-state index contributed by atoms with van der Waals surface area (Å²) in [6.45, 7) is 6.96. The van der Waals surface area contributed by atoms with E-state index in [1.165, 1.54) is 5.56 Å². The zero-order valence-electron chi connectivity index (χ0n) is 18.4. The van der Waals surface area contributed by atoms with Crippen molar-refractivity contribution in [2.24, 2.45) is 7.05 Å². The standard InChI is InChI=1S/C23H23ClN8/c1-5-19-26-20-13(2)10-14(3)25-23(20)32(19)12-15-6-8-16(9-7-15)21-17(11-18(24)31(21)4)22-27-29-30-28-22/h6-11H,5,12H2,1-4H3,(H,27,28,29,30). The normalized spacial score (nSPS) is 11.5. The molecule has 4 heterocycles. The van der Waals surface area contributed by atoms with E-state index >= 15 is 0 Å². The molecule has 0 fully saturated rings. The van der Waals surface area contributed by atoms with Gasteiger partial charge < -0.3 is 9.13 Å². The number of nitrogens with one attached hydrogen (secondary N) is 1. The van der Waals surface area contributed by atoms with E-state index in [0.29, 0.717) is 17.5 Å². The van der Waals surface area contributed by atoms with Gasteiger partial charge in [-0.05, 0) is 53.1 Å². The first-order valence-corrected chi connectivity index (χ1v) is 10.9. The smallest absolute Gasteiger partial charge is 0.181 e. The molecule has 0 spiro atoms. The van der Waals surface area contributed by atoms with E-state index in [-0.39, 0.29) is 0 Å². The second kappa shape index (κ2) is 7.87. The number of tetrazole rings is 1. The third-order valence-electron chi connectivity index (χ3n) is 5.76. The molecule has 5 rings (SSSR count). The van der Waals surface area contributed by atoms with Crippen molar-refractivity contribution in [3.63, 3.8) is 0 Å². The highest BCUT2D eigenvalue weighted by Crippen LogP contribution is 2.34. The lowest BCUT2D eigenvalue weighted by molar-refractivity contribution is 0.745. The Morgan fingerprint density at radius 1 is 1.06 bits per heavy atom. The maximum absolute atomic E-state index is 6.41. The molecule has 1 N–H and O–H groups in total. The lowest BCUT2D eigenvalue weighted by Crippen LogP contribution is -2.05. The molecule has 0 aliphatic heterocycles. The van der Waals surface area contributed by atoms with E-state index in [2.05, 4.69) is 69.4 Å². The van der Waals surface area contributed by atoms with E-state index < -0.39 is 0 Å². The Kier molecular flexibility index (Phi) is 5.01. The minimum absolute atomic E-state index is 0.584. The number of pyridine rings is 1. The quantitative estimate of drug-likeness (QED) is 0.429. The molecule has 0 unspecified atom stereocenters. The molecule has 5 aromatic rings. The predicted molar refractivity (Wildman–Crippen MR) is 125 cm³/mol. The van der Waals surface area contributed by atoms with Gasteiger partial charge in [-0.3, -0.25) is 0 Å². The van der Waals surface area contributed by atoms with E-state index in [0.717, 1.165) is 51.5 Å². The highest BCUT2D eigenvalue weighted by Gasteiger charge is 2.18. The SMILES string of the molecule is CCc1nc2c(C)cc(C)nc2n1Cc1ccc(-c2c(-c3nnn[nH]3)cc(Cl)n2C)cc1. The molecule has 32 heavy (non-hydrogen) atoms. The third kappa shape index (κ3) is 3.36. The number of benzene rings is 1. The van der Waals surface area contributed by atoms with E-state index in [1.54, 1.807) is 0 Å². The van der Waals surface area contributed by atoms with Gasteiger partial charge in [-0.1, -0.05) is 42.8 Å². The topological polar surface area (TPSA) is 90.1 Å². The van der Waals surface area contributed by atoms with Gasteiger partial charge >= 0.3 is 0 Å². The van der Waals surface area contributed by atoms with Crippen molar-refractivity contribution in [2.45, 2.75) is 33.7 Å². The summed E-state index contributed by atoms with van der Waals surface area (Å²) in [7, 11) is 1.93. The van der Waals surface area contributed by atoms with Gasteiger partial charge in [0.15, 0.2) is 11.5 Å². The van der Waals surface area contributed by atoms with Crippen LogP contribution >= 0.6 is 11.6 Å². The number of nitrogens with zero attached hydrogens (tertiary/aromatic N) is 7. The molecular weight excluding hydrogens is 424 g/mol. The molecule has 4 aromatic heterocycles. The average Bonchev–Trinajstić information content (AvgIpc) is 3.49. The van der Waals surface area contributed by atoms with Gasteiger partial charge in [0, 0.05) is 24.7 Å². The first kappa shape index (κ1) is 20.4. The van der Waals surface area contributed by atoms with Crippen LogP contribution in [-0.4, -0.2) is 39.7 Å². The van der Waals surface area contributed by atoms with Crippen LogP contribution in [0.3, 0.4) is 0 Å². The van der Waals surface area contributed by atoms with Crippen LogP contribution in [0.4, 0.5) is 0 Å². The molecule has 0 saturated carbocycles. The molecule has 0 atom stereocenters. The van der Waals surface area contributed by atoms with Crippen LogP contribution < -0.4 is 0 Å². The first-order chi connectivity index (χ1) is 15.5. The number of aryl methyl sites for hydroxylation is 3. The summed E-state index contributed by atoms with van der Waals surface area (Å²) in [4.78, 5) is 9.63. The molecule has 0 saturated heterocycles. The predicted octanol–water partition coefficient (Wildman–Crippen LogP) is 4.50. The van der Waals surface area contributed by atoms with Crippen molar-refractivity contribution in [1.82, 2.24) is 39.7 Å². The Hall–Kier alpha value is -3.52. The highest BCUT2D eigenvalue weighted by atomic mass is 35.5. The minimum atomic E-state index is 0.584. The van der Waals surface area contributed by atoms with Crippen molar-refractivity contribution in [3.05, 3.63) is 64.2 Å². The van der Waals surface area contributed by atoms with Crippen molar-refractivity contribution in [2.75, 3.05) is 0 Å². The van der Waals surface area contributed by atoms with Crippen molar-refractivity contribution >= 4 is 22.8 Å². The fourth-order valence-electron chi connectivity index (χ4n) is 4.21. The molecule has 0 aliphatic rings. The van der Waals surface area contributed by atoms with Gasteiger partial charge in [0.1, 0.15) is 16.5 Å². The fourth-order valence-corrected chi connectivity index (χ4v) is 4.40. The van der Waals surface area contributed by atoms with E-state index in [1.807, 2.05) is 24.6 Å². The lowest BCUT2D eigenvalue weighted by Gasteiger charge is -2.11. The highest BCUT2D eigenvalue weighted by molar-refractivity contribution is 6.30. The Bertz CT molecular complexity index is 1410. The van der Waals surface area contributed by atoms with Gasteiger partial charge in [0.25, 0.3) is 0 Å². The van der Waals surface area contributed by atoms with Gasteiger partial charge in [-0.2, -0.15) is 0 Å². The second-order valence-electron chi connectivity index (χ2n) is 7.96. The first-order valence-electron chi connectivity index (χ1n) is 10.5. The number of halogens is 1. The zero-order chi connectivity index (χ0) is 22.4. The molecule has 0 amide bonds. The summed E-state index contributed by atoms with van der Waals surface area (Å²) in [6.07, 6.45) is 0.851. The maximum atomic E-state index is 6.41. The van der Waals surface area contributed by atoms with E-state index in [4.69, 9.17) is 21.6 Å². The molecule has 0 aliphatic carbocycles. The van der Waals surface area contributed by atoms with Crippen LogP contribution in [0, 0.1) is 13.8 Å². The second-order valence-corrected chi connectivity index (χ2v) is 8.34. The average molecular weight is 447 g/mol. The van der Waals surface area contributed by atoms with Crippen LogP contribution in [0.15, 0.2) is 36.4 Å². The van der Waals surface area contributed by atoms with Crippen molar-refractivity contribution in [3.8, 4) is 22.6 Å². The Morgan fingerprint density at radius 3 is 2.53 bits per heavy atom. The molecule has 8 nitrogen and oxygen atoms in total. The Morgan fingerprint density at radius 2 is 1.84 bits per heavy atom. The molecule has 0 radical (unpaired) electrons. The van der Waals surface area contributed by atoms with Crippen LogP contribution in [0.2, 0.25) is 5.15 Å². The number of hydrogen-bond acceptors (Lipinski definition) is 5. The number of H-pyrrole nitrogens is 1. The van der Waals surface area contributed by atoms with Gasteiger partial charge in [0.05, 0.1) is 12.2 Å². The molecular formula is C23H23ClN8. The number of rotatable bonds is 5. The summed E-state index contributed by atoms with van der Waals surface area (Å²) in [5.41, 5.74) is 8.10. The number of fused-ring (bicyclic) bond motifs is 1. The summed E-state index contributed by atoms with van der Waals surface area (Å²) < 4.78 is 4.15. The number of imidazole rings is 1. The van der Waals surface area contributed by atoms with Gasteiger partial charge in [0.2, 0.25) is 0 Å². The van der Waals surface area contributed by atoms with Crippen LogP contribution in [0.1, 0.15) is 29.6 Å². The summed E-state index contributed by atoms with van der Waals surface area (Å²) in [5.74, 6) is 1.63. The zero-order valence-corrected chi connectivity index (χ0v) is 19.1. The van der Waals surface area contributed by atoms with Crippen molar-refractivity contribution in [1.29, 1.82) is 0 Å². The van der Waals surface area contributed by atoms with Crippen LogP contribution in [-0.2, 0) is 20.0 Å². The number of aromatic amines is 1. The van der Waals surface area contributed by atoms with Crippen LogP contribution in [0.25, 0.3) is 33.8 Å². The molecule has 162 valence electrons. The number of aromatic nitrogens is 8. The van der Waals surface area contributed by atoms with E-state index in [9.17, 15) is 0 Å². The van der Waals surface area contributed by atoms with Gasteiger partial charge in [-0.15, -0.1) is 5.10 Å². The minimum Gasteiger partial charge on any atom is -0.334 e. The van der Waals surface area contributed by atoms with Gasteiger partial charge in [-0.25, -0.2) is 15.1 Å². The van der Waals surface area contributed by atoms with Crippen molar-refractivity contribution < 1.29 is 0 Å². The largest absolute Gasteiger partial charge is 0.334 e. The molecule has 1 aromatic carbocycles. The monoisotopic (exact) mass is 446 g/mol. The lowest BCUT2D eigenvalue weighted by atomic mass is 10.1.